The minimum absolute atomic E-state index is 0.0466. The van der Waals surface area contributed by atoms with Crippen LogP contribution in [0.15, 0.2) is 58.4 Å². The van der Waals surface area contributed by atoms with Crippen LogP contribution in [0.1, 0.15) is 29.3 Å². The number of aliphatic imine (C=N–C) groups is 2. The highest BCUT2D eigenvalue weighted by Gasteiger charge is 2.30. The Morgan fingerprint density at radius 1 is 1.18 bits per heavy atom. The third-order valence-corrected chi connectivity index (χ3v) is 6.38. The van der Waals surface area contributed by atoms with Gasteiger partial charge in [-0.15, -0.1) is 11.3 Å². The van der Waals surface area contributed by atoms with Crippen molar-refractivity contribution in [3.8, 4) is 0 Å². The first-order valence-electron chi connectivity index (χ1n) is 11.2. The molecule has 1 unspecified atom stereocenters. The SMILES string of the molecule is Cc1cnc(NC2=N/C(N3CCNCC3)=C/CC(C)C(/C=C/c3cccc(C(F)(F)F)c3)=N\2)s1. The summed E-state index contributed by atoms with van der Waals surface area (Å²) in [6.07, 6.45) is 3.67. The van der Waals surface area contributed by atoms with Gasteiger partial charge < -0.3 is 10.2 Å². The van der Waals surface area contributed by atoms with Crippen LogP contribution in [0.3, 0.4) is 0 Å². The van der Waals surface area contributed by atoms with Gasteiger partial charge in [0.25, 0.3) is 0 Å². The lowest BCUT2D eigenvalue weighted by Gasteiger charge is -2.30. The number of hydrogen-bond acceptors (Lipinski definition) is 7. The van der Waals surface area contributed by atoms with Crippen molar-refractivity contribution >= 4 is 34.2 Å². The average molecular weight is 489 g/mol. The van der Waals surface area contributed by atoms with E-state index in [2.05, 4.69) is 33.5 Å². The van der Waals surface area contributed by atoms with Crippen LogP contribution in [-0.2, 0) is 6.18 Å². The fourth-order valence-electron chi connectivity index (χ4n) is 3.67. The van der Waals surface area contributed by atoms with Crippen LogP contribution < -0.4 is 10.6 Å². The number of benzene rings is 1. The Morgan fingerprint density at radius 2 is 1.97 bits per heavy atom. The van der Waals surface area contributed by atoms with Gasteiger partial charge in [-0.25, -0.2) is 9.98 Å². The largest absolute Gasteiger partial charge is 0.416 e. The van der Waals surface area contributed by atoms with E-state index in [1.54, 1.807) is 24.4 Å². The molecule has 2 aliphatic heterocycles. The number of thiazole rings is 1. The van der Waals surface area contributed by atoms with Gasteiger partial charge in [0.05, 0.1) is 5.56 Å². The van der Waals surface area contributed by atoms with Gasteiger partial charge in [-0.2, -0.15) is 18.2 Å². The predicted molar refractivity (Wildman–Crippen MR) is 132 cm³/mol. The number of anilines is 1. The fraction of sp³-hybridized carbons (Fsp3) is 0.375. The van der Waals surface area contributed by atoms with Gasteiger partial charge in [0.15, 0.2) is 5.13 Å². The van der Waals surface area contributed by atoms with Crippen LogP contribution in [0.4, 0.5) is 18.3 Å². The number of alkyl halides is 3. The number of nitrogens with zero attached hydrogens (tertiary/aromatic N) is 4. The highest BCUT2D eigenvalue weighted by Crippen LogP contribution is 2.30. The smallest absolute Gasteiger partial charge is 0.354 e. The van der Waals surface area contributed by atoms with E-state index in [-0.39, 0.29) is 5.92 Å². The fourth-order valence-corrected chi connectivity index (χ4v) is 4.33. The number of guanidine groups is 1. The van der Waals surface area contributed by atoms with Crippen LogP contribution in [0.2, 0.25) is 0 Å². The van der Waals surface area contributed by atoms with Crippen molar-refractivity contribution in [2.24, 2.45) is 15.9 Å². The molecule has 1 saturated heterocycles. The summed E-state index contributed by atoms with van der Waals surface area (Å²) < 4.78 is 39.2. The van der Waals surface area contributed by atoms with Gasteiger partial charge in [0.2, 0.25) is 5.96 Å². The van der Waals surface area contributed by atoms with E-state index in [9.17, 15) is 13.2 Å². The molecule has 0 spiro atoms. The van der Waals surface area contributed by atoms with Crippen LogP contribution in [0.5, 0.6) is 0 Å². The Balaban J connectivity index is 1.65. The third-order valence-electron chi connectivity index (χ3n) is 5.56. The lowest BCUT2D eigenvalue weighted by molar-refractivity contribution is -0.137. The molecule has 1 aromatic carbocycles. The maximum absolute atomic E-state index is 13.1. The summed E-state index contributed by atoms with van der Waals surface area (Å²) >= 11 is 1.51. The van der Waals surface area contributed by atoms with Crippen LogP contribution in [-0.4, -0.2) is 47.7 Å². The molecular weight excluding hydrogens is 461 g/mol. The van der Waals surface area contributed by atoms with Crippen molar-refractivity contribution in [1.29, 1.82) is 0 Å². The number of hydrogen-bond donors (Lipinski definition) is 2. The lowest BCUT2D eigenvalue weighted by atomic mass is 9.99. The summed E-state index contributed by atoms with van der Waals surface area (Å²) in [5, 5.41) is 7.26. The molecule has 1 atom stereocenters. The van der Waals surface area contributed by atoms with Crippen molar-refractivity contribution < 1.29 is 13.2 Å². The van der Waals surface area contributed by atoms with Gasteiger partial charge in [0, 0.05) is 48.9 Å². The topological polar surface area (TPSA) is 64.9 Å². The number of rotatable bonds is 4. The highest BCUT2D eigenvalue weighted by molar-refractivity contribution is 7.15. The molecule has 180 valence electrons. The lowest BCUT2D eigenvalue weighted by Crippen LogP contribution is -2.43. The van der Waals surface area contributed by atoms with Crippen molar-refractivity contribution in [1.82, 2.24) is 15.2 Å². The van der Waals surface area contributed by atoms with Crippen molar-refractivity contribution in [2.75, 3.05) is 31.5 Å². The molecule has 6 nitrogen and oxygen atoms in total. The second kappa shape index (κ2) is 10.5. The molecule has 0 aliphatic carbocycles. The van der Waals surface area contributed by atoms with E-state index < -0.39 is 11.7 Å². The van der Waals surface area contributed by atoms with Crippen molar-refractivity contribution in [3.63, 3.8) is 0 Å². The van der Waals surface area contributed by atoms with E-state index in [1.165, 1.54) is 17.4 Å². The minimum Gasteiger partial charge on any atom is -0.354 e. The van der Waals surface area contributed by atoms with E-state index >= 15 is 0 Å². The maximum atomic E-state index is 13.1. The van der Waals surface area contributed by atoms with Crippen molar-refractivity contribution in [2.45, 2.75) is 26.4 Å². The molecule has 0 radical (unpaired) electrons. The van der Waals surface area contributed by atoms with E-state index in [0.717, 1.165) is 61.1 Å². The molecule has 4 rings (SSSR count). The van der Waals surface area contributed by atoms with Gasteiger partial charge in [-0.3, -0.25) is 5.32 Å². The Kier molecular flexibility index (Phi) is 7.47. The molecular formula is C24H27F3N6S. The molecule has 1 fully saturated rings. The molecule has 2 aliphatic rings. The predicted octanol–water partition coefficient (Wildman–Crippen LogP) is 5.18. The van der Waals surface area contributed by atoms with Crippen LogP contribution in [0, 0.1) is 12.8 Å². The molecule has 34 heavy (non-hydrogen) atoms. The molecule has 0 saturated carbocycles. The summed E-state index contributed by atoms with van der Waals surface area (Å²) in [5.74, 6) is 1.33. The van der Waals surface area contributed by atoms with Gasteiger partial charge in [-0.1, -0.05) is 25.1 Å². The third kappa shape index (κ3) is 6.32. The molecule has 1 aromatic heterocycles. The number of halogens is 3. The van der Waals surface area contributed by atoms with Crippen molar-refractivity contribution in [3.05, 3.63) is 64.4 Å². The second-order valence-corrected chi connectivity index (χ2v) is 9.50. The van der Waals surface area contributed by atoms with Gasteiger partial charge in [-0.05, 0) is 43.2 Å². The summed E-state index contributed by atoms with van der Waals surface area (Å²) in [6, 6.07) is 5.26. The Morgan fingerprint density at radius 3 is 2.68 bits per heavy atom. The molecule has 0 bridgehead atoms. The Labute approximate surface area is 201 Å². The number of nitrogens with one attached hydrogen (secondary N) is 2. The number of aryl methyl sites for hydroxylation is 1. The first-order valence-corrected chi connectivity index (χ1v) is 12.0. The first-order chi connectivity index (χ1) is 16.3. The molecule has 2 N–H and O–H groups in total. The molecule has 0 amide bonds. The average Bonchev–Trinajstić information content (AvgIpc) is 3.22. The van der Waals surface area contributed by atoms with E-state index in [0.29, 0.717) is 16.7 Å². The number of aromatic nitrogens is 1. The quantitative estimate of drug-likeness (QED) is 0.623. The summed E-state index contributed by atoms with van der Waals surface area (Å²) in [5.41, 5.74) is 0.521. The Hall–Kier alpha value is -2.98. The molecule has 2 aromatic rings. The summed E-state index contributed by atoms with van der Waals surface area (Å²) in [7, 11) is 0. The standard InChI is InChI=1S/C24H27F3N6S/c1-16-6-9-21(33-12-10-28-11-13-33)31-22(32-23-29-15-17(2)34-23)30-20(16)8-7-18-4-3-5-19(14-18)24(25,26)27/h3-5,7-9,14-16,28H,6,10-13H2,1-2H3,(H,29,31,32)/b8-7+,21-9-,30-20-. The van der Waals surface area contributed by atoms with Crippen LogP contribution in [0.25, 0.3) is 6.08 Å². The van der Waals surface area contributed by atoms with E-state index in [1.807, 2.05) is 6.92 Å². The first kappa shape index (κ1) is 24.2. The maximum Gasteiger partial charge on any atom is 0.416 e. The second-order valence-electron chi connectivity index (χ2n) is 8.27. The number of allylic oxidation sites excluding steroid dienone is 2. The van der Waals surface area contributed by atoms with E-state index in [4.69, 9.17) is 9.98 Å². The summed E-state index contributed by atoms with van der Waals surface area (Å²) in [6.45, 7) is 7.54. The monoisotopic (exact) mass is 488 g/mol. The molecule has 10 heteroatoms. The van der Waals surface area contributed by atoms with Crippen LogP contribution >= 0.6 is 11.3 Å². The zero-order chi connectivity index (χ0) is 24.1. The summed E-state index contributed by atoms with van der Waals surface area (Å²) in [4.78, 5) is 17.3. The zero-order valence-electron chi connectivity index (χ0n) is 19.1. The minimum atomic E-state index is -4.38. The van der Waals surface area contributed by atoms with Gasteiger partial charge in [0.1, 0.15) is 5.82 Å². The van der Waals surface area contributed by atoms with Gasteiger partial charge >= 0.3 is 6.18 Å². The zero-order valence-corrected chi connectivity index (χ0v) is 19.9. The Bertz CT molecular complexity index is 1130. The number of piperazine rings is 1. The normalized spacial score (nSPS) is 24.4. The highest BCUT2D eigenvalue weighted by atomic mass is 32.1. The molecule has 3 heterocycles.